The van der Waals surface area contributed by atoms with Gasteiger partial charge in [-0.15, -0.1) is 4.94 Å². The summed E-state index contributed by atoms with van der Waals surface area (Å²) in [7, 11) is 0. The van der Waals surface area contributed by atoms with E-state index in [1.807, 2.05) is 0 Å². The third-order valence-corrected chi connectivity index (χ3v) is 0.262. The van der Waals surface area contributed by atoms with Crippen molar-refractivity contribution in [3.63, 3.8) is 0 Å². The summed E-state index contributed by atoms with van der Waals surface area (Å²) < 4.78 is 8.40. The summed E-state index contributed by atoms with van der Waals surface area (Å²) in [5.74, 6) is 0. The van der Waals surface area contributed by atoms with E-state index in [1.54, 1.807) is 0 Å². The van der Waals surface area contributed by atoms with Crippen molar-refractivity contribution in [3.05, 3.63) is 0 Å². The minimum absolute atomic E-state index is 2.21. The fourth-order valence-electron chi connectivity index (χ4n) is 0. The van der Waals surface area contributed by atoms with Gasteiger partial charge in [0.25, 0.3) is 0 Å². The average Bonchev–Trinajstić information content (AvgIpc) is 1.35. The maximum Gasteiger partial charge on any atom is 0.331 e. The largest absolute Gasteiger partial charge is 0.331 e. The number of hydrogen-bond donors (Lipinski definition) is 0. The molecule has 0 rings (SSSR count). The van der Waals surface area contributed by atoms with Gasteiger partial charge in [-0.3, -0.25) is 0 Å². The molecule has 0 saturated carbocycles. The number of halogens is 4. The summed E-state index contributed by atoms with van der Waals surface area (Å²) >= 11 is 14.0. The lowest BCUT2D eigenvalue weighted by atomic mass is 11.6. The number of alkyl halides is 3. The Morgan fingerprint density at radius 2 is 1.50 bits per heavy atom. The van der Waals surface area contributed by atoms with E-state index in [0.717, 1.165) is 0 Å². The standard InChI is InChI=1S/CCl3FO/c2-1(3,4)6-5. The van der Waals surface area contributed by atoms with Crippen LogP contribution in [0.5, 0.6) is 0 Å². The summed E-state index contributed by atoms with van der Waals surface area (Å²) in [6.45, 7) is 0. The highest BCUT2D eigenvalue weighted by Gasteiger charge is 2.20. The molecule has 0 aliphatic carbocycles. The molecule has 38 valence electrons. The van der Waals surface area contributed by atoms with E-state index in [-0.39, 0.29) is 0 Å². The van der Waals surface area contributed by atoms with Gasteiger partial charge in [0.05, 0.1) is 0 Å². The van der Waals surface area contributed by atoms with Crippen molar-refractivity contribution in [1.82, 2.24) is 0 Å². The van der Waals surface area contributed by atoms with Gasteiger partial charge in [0.15, 0.2) is 0 Å². The van der Waals surface area contributed by atoms with Crippen LogP contribution in [0.4, 0.5) is 4.53 Å². The van der Waals surface area contributed by atoms with Crippen molar-refractivity contribution in [2.75, 3.05) is 0 Å². The van der Waals surface area contributed by atoms with Gasteiger partial charge in [-0.05, 0) is 4.53 Å². The predicted molar refractivity (Wildman–Crippen MR) is 22.5 cm³/mol. The topological polar surface area (TPSA) is 9.23 Å². The second kappa shape index (κ2) is 2.17. The lowest BCUT2D eigenvalue weighted by molar-refractivity contribution is -0.139. The van der Waals surface area contributed by atoms with E-state index in [0.29, 0.717) is 0 Å². The Kier molecular flexibility index (Phi) is 2.44. The maximum absolute atomic E-state index is 10.6. The lowest BCUT2D eigenvalue weighted by Gasteiger charge is -1.98. The molecular weight excluding hydrogens is 153 g/mol. The summed E-state index contributed by atoms with van der Waals surface area (Å²) in [5, 5.41) is 0. The van der Waals surface area contributed by atoms with Crippen LogP contribution in [0, 0.1) is 0 Å². The summed E-state index contributed by atoms with van der Waals surface area (Å²) in [6, 6.07) is 0. The minimum atomic E-state index is -2.21. The monoisotopic (exact) mass is 152 g/mol. The zero-order valence-electron chi connectivity index (χ0n) is 2.42. The second-order valence-electron chi connectivity index (χ2n) is 0.523. The van der Waals surface area contributed by atoms with Gasteiger partial charge in [-0.1, -0.05) is 34.8 Å². The quantitative estimate of drug-likeness (QED) is 0.485. The normalized spacial score (nSPS) is 12.0. The third kappa shape index (κ3) is 4.76. The van der Waals surface area contributed by atoms with E-state index < -0.39 is 3.98 Å². The summed E-state index contributed by atoms with van der Waals surface area (Å²) in [4.78, 5) is 2.73. The average molecular weight is 153 g/mol. The molecule has 0 aromatic heterocycles. The fraction of sp³-hybridized carbons (Fsp3) is 1.00. The molecule has 0 aromatic rings. The van der Waals surface area contributed by atoms with Crippen LogP contribution >= 0.6 is 34.8 Å². The molecule has 1 nitrogen and oxygen atoms in total. The molecule has 0 unspecified atom stereocenters. The Hall–Kier alpha value is 0.760. The van der Waals surface area contributed by atoms with E-state index in [1.165, 1.54) is 0 Å². The van der Waals surface area contributed by atoms with Crippen LogP contribution in [0.25, 0.3) is 0 Å². The van der Waals surface area contributed by atoms with Gasteiger partial charge in [0.1, 0.15) is 0 Å². The van der Waals surface area contributed by atoms with Gasteiger partial charge in [0.2, 0.25) is 0 Å². The van der Waals surface area contributed by atoms with Crippen LogP contribution < -0.4 is 0 Å². The van der Waals surface area contributed by atoms with Crippen LogP contribution in [0.3, 0.4) is 0 Å². The zero-order chi connectivity index (χ0) is 5.21. The molecule has 0 N–H and O–H groups in total. The van der Waals surface area contributed by atoms with Gasteiger partial charge in [0, 0.05) is 0 Å². The molecule has 0 radical (unpaired) electrons. The molecule has 0 aliphatic rings. The van der Waals surface area contributed by atoms with Crippen LogP contribution in [-0.4, -0.2) is 3.98 Å². The summed E-state index contributed by atoms with van der Waals surface area (Å²) in [5.41, 5.74) is 0. The molecule has 0 amide bonds. The van der Waals surface area contributed by atoms with Crippen molar-refractivity contribution in [1.29, 1.82) is 0 Å². The molecule has 0 bridgehead atoms. The molecule has 0 aromatic carbocycles. The van der Waals surface area contributed by atoms with Crippen LogP contribution in [0.15, 0.2) is 0 Å². The Labute approximate surface area is 48.8 Å². The molecule has 0 fully saturated rings. The molecule has 6 heavy (non-hydrogen) atoms. The van der Waals surface area contributed by atoms with Gasteiger partial charge in [-0.2, -0.15) is 0 Å². The first kappa shape index (κ1) is 6.76. The molecule has 5 heteroatoms. The molecule has 0 atom stereocenters. The first-order valence-corrected chi connectivity index (χ1v) is 2.06. The highest BCUT2D eigenvalue weighted by molar-refractivity contribution is 6.66. The van der Waals surface area contributed by atoms with E-state index in [2.05, 4.69) is 39.7 Å². The van der Waals surface area contributed by atoms with Gasteiger partial charge in [-0.25, -0.2) is 0 Å². The highest BCUT2D eigenvalue weighted by atomic mass is 35.6. The van der Waals surface area contributed by atoms with Crippen molar-refractivity contribution >= 4 is 34.8 Å². The maximum atomic E-state index is 10.6. The van der Waals surface area contributed by atoms with E-state index in [4.69, 9.17) is 0 Å². The number of rotatable bonds is 0. The zero-order valence-corrected chi connectivity index (χ0v) is 4.69. The molecular formula is CCl3FO. The predicted octanol–water partition coefficient (Wildman–Crippen LogP) is 2.22. The SMILES string of the molecule is FOC(Cl)(Cl)Cl. The summed E-state index contributed by atoms with van der Waals surface area (Å²) in [6.07, 6.45) is 0. The van der Waals surface area contributed by atoms with Crippen molar-refractivity contribution in [2.24, 2.45) is 0 Å². The molecule has 0 heterocycles. The van der Waals surface area contributed by atoms with Crippen molar-refractivity contribution in [3.8, 4) is 0 Å². The van der Waals surface area contributed by atoms with E-state index >= 15 is 0 Å². The highest BCUT2D eigenvalue weighted by Crippen LogP contribution is 2.26. The first-order valence-electron chi connectivity index (χ1n) is 0.925. The second-order valence-corrected chi connectivity index (χ2v) is 2.70. The van der Waals surface area contributed by atoms with E-state index in [9.17, 15) is 4.53 Å². The molecule has 0 spiro atoms. The van der Waals surface area contributed by atoms with Gasteiger partial charge >= 0.3 is 3.98 Å². The molecule has 0 aliphatic heterocycles. The van der Waals surface area contributed by atoms with Crippen LogP contribution in [-0.2, 0) is 4.94 Å². The van der Waals surface area contributed by atoms with Crippen LogP contribution in [0.1, 0.15) is 0 Å². The first-order chi connectivity index (χ1) is 2.56. The van der Waals surface area contributed by atoms with Crippen molar-refractivity contribution < 1.29 is 9.47 Å². The molecule has 0 saturated heterocycles. The lowest BCUT2D eigenvalue weighted by Crippen LogP contribution is -1.99. The number of hydrogen-bond acceptors (Lipinski definition) is 1. The van der Waals surface area contributed by atoms with Crippen molar-refractivity contribution in [2.45, 2.75) is 3.98 Å². The Bertz CT molecular complexity index is 40.5. The van der Waals surface area contributed by atoms with Gasteiger partial charge < -0.3 is 0 Å². The minimum Gasteiger partial charge on any atom is -0.137 e. The van der Waals surface area contributed by atoms with Crippen LogP contribution in [0.2, 0.25) is 0 Å². The Morgan fingerprint density at radius 3 is 1.50 bits per heavy atom. The fourth-order valence-corrected chi connectivity index (χ4v) is 0. The Morgan fingerprint density at radius 1 is 1.33 bits per heavy atom. The third-order valence-electron chi connectivity index (χ3n) is 0.0875. The smallest absolute Gasteiger partial charge is 0.137 e. The Balaban J connectivity index is 3.17.